The summed E-state index contributed by atoms with van der Waals surface area (Å²) in [5.74, 6) is 0.794. The molecular weight excluding hydrogens is 176 g/mol. The third-order valence-corrected chi connectivity index (χ3v) is 2.00. The van der Waals surface area contributed by atoms with E-state index in [1.54, 1.807) is 0 Å². The largest absolute Gasteiger partial charge is 0.367 e. The quantitative estimate of drug-likeness (QED) is 0.742. The van der Waals surface area contributed by atoms with Crippen LogP contribution in [0.15, 0.2) is 12.1 Å². The monoisotopic (exact) mass is 194 g/mol. The molecule has 1 atom stereocenters. The maximum Gasteiger partial charge on any atom is 0.148 e. The molecule has 0 saturated carbocycles. The molecule has 4 heteroatoms. The molecule has 0 aromatic carbocycles. The van der Waals surface area contributed by atoms with Crippen molar-refractivity contribution >= 4 is 5.82 Å². The van der Waals surface area contributed by atoms with Crippen molar-refractivity contribution < 1.29 is 0 Å². The van der Waals surface area contributed by atoms with Gasteiger partial charge in [-0.25, -0.2) is 0 Å². The second kappa shape index (κ2) is 5.54. The standard InChI is InChI=1S/C10H18N4/c1-3-4-9(11)7-12-10-6-5-8(2)13-14-10/h5-6,9H,3-4,7,11H2,1-2H3,(H,12,14). The highest BCUT2D eigenvalue weighted by atomic mass is 15.2. The van der Waals surface area contributed by atoms with Gasteiger partial charge in [-0.05, 0) is 25.5 Å². The van der Waals surface area contributed by atoms with Crippen LogP contribution in [0.1, 0.15) is 25.5 Å². The fourth-order valence-electron chi connectivity index (χ4n) is 1.20. The Kier molecular flexibility index (Phi) is 4.32. The number of aryl methyl sites for hydroxylation is 1. The van der Waals surface area contributed by atoms with Crippen molar-refractivity contribution in [2.75, 3.05) is 11.9 Å². The van der Waals surface area contributed by atoms with Crippen molar-refractivity contribution in [1.29, 1.82) is 0 Å². The molecule has 4 nitrogen and oxygen atoms in total. The van der Waals surface area contributed by atoms with E-state index < -0.39 is 0 Å². The molecule has 0 fully saturated rings. The fourth-order valence-corrected chi connectivity index (χ4v) is 1.20. The van der Waals surface area contributed by atoms with Crippen LogP contribution < -0.4 is 11.1 Å². The Balaban J connectivity index is 2.34. The van der Waals surface area contributed by atoms with Crippen LogP contribution in [0.4, 0.5) is 5.82 Å². The summed E-state index contributed by atoms with van der Waals surface area (Å²) in [7, 11) is 0. The predicted molar refractivity (Wildman–Crippen MR) is 58.1 cm³/mol. The van der Waals surface area contributed by atoms with Gasteiger partial charge in [-0.2, -0.15) is 5.10 Å². The third-order valence-electron chi connectivity index (χ3n) is 2.00. The van der Waals surface area contributed by atoms with E-state index in [1.807, 2.05) is 19.1 Å². The predicted octanol–water partition coefficient (Wildman–Crippen LogP) is 1.32. The second-order valence-corrected chi connectivity index (χ2v) is 3.49. The molecule has 1 unspecified atom stereocenters. The van der Waals surface area contributed by atoms with Gasteiger partial charge >= 0.3 is 0 Å². The summed E-state index contributed by atoms with van der Waals surface area (Å²) in [4.78, 5) is 0. The van der Waals surface area contributed by atoms with Crippen LogP contribution in [0.5, 0.6) is 0 Å². The minimum atomic E-state index is 0.197. The molecule has 1 rings (SSSR count). The zero-order chi connectivity index (χ0) is 10.4. The molecule has 78 valence electrons. The lowest BCUT2D eigenvalue weighted by molar-refractivity contribution is 0.625. The van der Waals surface area contributed by atoms with Gasteiger partial charge < -0.3 is 11.1 Å². The SMILES string of the molecule is CCCC(N)CNc1ccc(C)nn1. The molecule has 3 N–H and O–H groups in total. The number of anilines is 1. The minimum absolute atomic E-state index is 0.197. The van der Waals surface area contributed by atoms with Crippen LogP contribution in [0, 0.1) is 6.92 Å². The van der Waals surface area contributed by atoms with Gasteiger partial charge in [0.2, 0.25) is 0 Å². The van der Waals surface area contributed by atoms with Crippen LogP contribution in [-0.4, -0.2) is 22.8 Å². The molecule has 0 aliphatic heterocycles. The number of rotatable bonds is 5. The summed E-state index contributed by atoms with van der Waals surface area (Å²) < 4.78 is 0. The molecule has 0 amide bonds. The zero-order valence-corrected chi connectivity index (χ0v) is 8.83. The number of nitrogens with zero attached hydrogens (tertiary/aromatic N) is 2. The lowest BCUT2D eigenvalue weighted by Gasteiger charge is -2.11. The summed E-state index contributed by atoms with van der Waals surface area (Å²) in [6.07, 6.45) is 2.15. The van der Waals surface area contributed by atoms with Crippen LogP contribution in [0.25, 0.3) is 0 Å². The number of aromatic nitrogens is 2. The van der Waals surface area contributed by atoms with E-state index in [2.05, 4.69) is 22.4 Å². The molecule has 1 aromatic heterocycles. The van der Waals surface area contributed by atoms with Gasteiger partial charge in [0, 0.05) is 12.6 Å². The number of hydrogen-bond acceptors (Lipinski definition) is 4. The van der Waals surface area contributed by atoms with Gasteiger partial charge in [0.1, 0.15) is 5.82 Å². The Labute approximate surface area is 84.9 Å². The topological polar surface area (TPSA) is 63.8 Å². The lowest BCUT2D eigenvalue weighted by atomic mass is 10.2. The number of hydrogen-bond donors (Lipinski definition) is 2. The molecule has 1 heterocycles. The molecule has 0 radical (unpaired) electrons. The van der Waals surface area contributed by atoms with Crippen molar-refractivity contribution in [2.45, 2.75) is 32.7 Å². The average molecular weight is 194 g/mol. The van der Waals surface area contributed by atoms with Gasteiger partial charge in [-0.15, -0.1) is 5.10 Å². The molecule has 1 aromatic rings. The van der Waals surface area contributed by atoms with Gasteiger partial charge in [-0.3, -0.25) is 0 Å². The first kappa shape index (κ1) is 10.9. The average Bonchev–Trinajstić information content (AvgIpc) is 2.17. The van der Waals surface area contributed by atoms with E-state index in [9.17, 15) is 0 Å². The van der Waals surface area contributed by atoms with Crippen LogP contribution in [0.3, 0.4) is 0 Å². The van der Waals surface area contributed by atoms with Crippen molar-refractivity contribution in [2.24, 2.45) is 5.73 Å². The molecule has 0 saturated heterocycles. The molecule has 0 bridgehead atoms. The van der Waals surface area contributed by atoms with Gasteiger partial charge in [0.05, 0.1) is 5.69 Å². The Morgan fingerprint density at radius 2 is 2.21 bits per heavy atom. The molecule has 0 aliphatic carbocycles. The Bertz CT molecular complexity index is 257. The summed E-state index contributed by atoms with van der Waals surface area (Å²) in [6.45, 7) is 4.80. The van der Waals surface area contributed by atoms with Crippen molar-refractivity contribution in [3.05, 3.63) is 17.8 Å². The highest BCUT2D eigenvalue weighted by Gasteiger charge is 2.00. The van der Waals surface area contributed by atoms with Gasteiger partial charge in [0.25, 0.3) is 0 Å². The van der Waals surface area contributed by atoms with Crippen molar-refractivity contribution in [3.8, 4) is 0 Å². The Morgan fingerprint density at radius 3 is 2.79 bits per heavy atom. The van der Waals surface area contributed by atoms with E-state index in [0.29, 0.717) is 0 Å². The Morgan fingerprint density at radius 1 is 1.43 bits per heavy atom. The second-order valence-electron chi connectivity index (χ2n) is 3.49. The molecule has 0 spiro atoms. The molecule has 14 heavy (non-hydrogen) atoms. The fraction of sp³-hybridized carbons (Fsp3) is 0.600. The summed E-state index contributed by atoms with van der Waals surface area (Å²) in [5.41, 5.74) is 6.78. The van der Waals surface area contributed by atoms with Gasteiger partial charge in [-0.1, -0.05) is 13.3 Å². The third kappa shape index (κ3) is 3.70. The van der Waals surface area contributed by atoms with Crippen LogP contribution >= 0.6 is 0 Å². The highest BCUT2D eigenvalue weighted by Crippen LogP contribution is 2.01. The summed E-state index contributed by atoms with van der Waals surface area (Å²) in [6, 6.07) is 4.05. The highest BCUT2D eigenvalue weighted by molar-refractivity contribution is 5.32. The summed E-state index contributed by atoms with van der Waals surface area (Å²) in [5, 5.41) is 11.1. The first-order chi connectivity index (χ1) is 6.72. The smallest absolute Gasteiger partial charge is 0.148 e. The van der Waals surface area contributed by atoms with E-state index in [4.69, 9.17) is 5.73 Å². The lowest BCUT2D eigenvalue weighted by Crippen LogP contribution is -2.29. The van der Waals surface area contributed by atoms with E-state index in [1.165, 1.54) is 0 Å². The first-order valence-corrected chi connectivity index (χ1v) is 5.02. The van der Waals surface area contributed by atoms with E-state index in [0.717, 1.165) is 30.9 Å². The maximum atomic E-state index is 5.85. The number of nitrogens with one attached hydrogen (secondary N) is 1. The molecular formula is C10H18N4. The first-order valence-electron chi connectivity index (χ1n) is 5.02. The van der Waals surface area contributed by atoms with E-state index in [-0.39, 0.29) is 6.04 Å². The maximum absolute atomic E-state index is 5.85. The normalized spacial score (nSPS) is 12.5. The zero-order valence-electron chi connectivity index (χ0n) is 8.83. The van der Waals surface area contributed by atoms with Crippen molar-refractivity contribution in [3.63, 3.8) is 0 Å². The van der Waals surface area contributed by atoms with E-state index >= 15 is 0 Å². The molecule has 0 aliphatic rings. The summed E-state index contributed by atoms with van der Waals surface area (Å²) >= 11 is 0. The van der Waals surface area contributed by atoms with Crippen LogP contribution in [-0.2, 0) is 0 Å². The Hall–Kier alpha value is -1.16. The minimum Gasteiger partial charge on any atom is -0.367 e. The van der Waals surface area contributed by atoms with Gasteiger partial charge in [0.15, 0.2) is 0 Å². The van der Waals surface area contributed by atoms with Crippen molar-refractivity contribution in [1.82, 2.24) is 10.2 Å². The number of nitrogens with two attached hydrogens (primary N) is 1. The van der Waals surface area contributed by atoms with Crippen LogP contribution in [0.2, 0.25) is 0 Å².